The zero-order valence-corrected chi connectivity index (χ0v) is 10.1. The first-order valence-corrected chi connectivity index (χ1v) is 6.32. The molecule has 1 fully saturated rings. The molecule has 2 rings (SSSR count). The molecular weight excluding hydrogens is 208 g/mol. The number of hydrogen-bond donors (Lipinski definition) is 1. The van der Waals surface area contributed by atoms with Crippen molar-refractivity contribution in [2.75, 3.05) is 6.61 Å². The zero-order chi connectivity index (χ0) is 10.8. The van der Waals surface area contributed by atoms with Gasteiger partial charge in [0, 0.05) is 23.9 Å². The highest BCUT2D eigenvalue weighted by Gasteiger charge is 2.19. The number of aryl methyl sites for hydroxylation is 1. The lowest BCUT2D eigenvalue weighted by Gasteiger charge is -2.05. The Labute approximate surface area is 94.7 Å². The SMILES string of the molecule is Cc1nc(CC2CCCO2)sc1C(C)N. The molecule has 0 amide bonds. The van der Waals surface area contributed by atoms with Crippen LogP contribution in [0, 0.1) is 6.92 Å². The van der Waals surface area contributed by atoms with Crippen LogP contribution in [0.3, 0.4) is 0 Å². The number of aromatic nitrogens is 1. The maximum Gasteiger partial charge on any atom is 0.0957 e. The fourth-order valence-electron chi connectivity index (χ4n) is 1.98. The van der Waals surface area contributed by atoms with Crippen molar-refractivity contribution in [1.29, 1.82) is 0 Å². The predicted molar refractivity (Wildman–Crippen MR) is 62.1 cm³/mol. The van der Waals surface area contributed by atoms with Crippen LogP contribution in [0.1, 0.15) is 41.4 Å². The van der Waals surface area contributed by atoms with E-state index in [0.717, 1.165) is 18.7 Å². The Balaban J connectivity index is 2.05. The molecule has 3 nitrogen and oxygen atoms in total. The third-order valence-corrected chi connectivity index (χ3v) is 4.10. The lowest BCUT2D eigenvalue weighted by Crippen LogP contribution is -2.08. The minimum absolute atomic E-state index is 0.0979. The van der Waals surface area contributed by atoms with Crippen molar-refractivity contribution < 1.29 is 4.74 Å². The molecule has 0 aliphatic carbocycles. The summed E-state index contributed by atoms with van der Waals surface area (Å²) in [4.78, 5) is 5.76. The minimum atomic E-state index is 0.0979. The van der Waals surface area contributed by atoms with Gasteiger partial charge in [-0.05, 0) is 26.7 Å². The Morgan fingerprint density at radius 2 is 2.47 bits per heavy atom. The van der Waals surface area contributed by atoms with Gasteiger partial charge in [-0.1, -0.05) is 0 Å². The first-order chi connectivity index (χ1) is 7.16. The van der Waals surface area contributed by atoms with Crippen LogP contribution in [0.15, 0.2) is 0 Å². The van der Waals surface area contributed by atoms with Gasteiger partial charge >= 0.3 is 0 Å². The quantitative estimate of drug-likeness (QED) is 0.859. The molecule has 2 heterocycles. The Kier molecular flexibility index (Phi) is 3.38. The second-order valence-corrected chi connectivity index (χ2v) is 5.30. The fourth-order valence-corrected chi connectivity index (χ4v) is 3.06. The summed E-state index contributed by atoms with van der Waals surface area (Å²) in [7, 11) is 0. The van der Waals surface area contributed by atoms with Gasteiger partial charge in [-0.3, -0.25) is 0 Å². The van der Waals surface area contributed by atoms with Crippen molar-refractivity contribution in [1.82, 2.24) is 4.98 Å². The second-order valence-electron chi connectivity index (χ2n) is 4.19. The Bertz CT molecular complexity index is 329. The van der Waals surface area contributed by atoms with E-state index in [0.29, 0.717) is 6.10 Å². The summed E-state index contributed by atoms with van der Waals surface area (Å²) in [6, 6.07) is 0.0979. The Hall–Kier alpha value is -0.450. The summed E-state index contributed by atoms with van der Waals surface area (Å²) >= 11 is 1.74. The Morgan fingerprint density at radius 3 is 3.00 bits per heavy atom. The summed E-state index contributed by atoms with van der Waals surface area (Å²) in [5.74, 6) is 0. The third-order valence-electron chi connectivity index (χ3n) is 2.72. The predicted octanol–water partition coefficient (Wildman–Crippen LogP) is 2.19. The second kappa shape index (κ2) is 4.60. The van der Waals surface area contributed by atoms with Crippen LogP contribution < -0.4 is 5.73 Å². The molecule has 0 saturated carbocycles. The van der Waals surface area contributed by atoms with E-state index in [1.54, 1.807) is 11.3 Å². The fraction of sp³-hybridized carbons (Fsp3) is 0.727. The number of nitrogens with two attached hydrogens (primary N) is 1. The molecule has 0 bridgehead atoms. The highest BCUT2D eigenvalue weighted by atomic mass is 32.1. The molecule has 0 radical (unpaired) electrons. The summed E-state index contributed by atoms with van der Waals surface area (Å²) in [6.45, 7) is 4.96. The topological polar surface area (TPSA) is 48.1 Å². The van der Waals surface area contributed by atoms with Gasteiger partial charge in [-0.25, -0.2) is 4.98 Å². The molecule has 4 heteroatoms. The summed E-state index contributed by atoms with van der Waals surface area (Å²) in [5.41, 5.74) is 6.96. The maximum absolute atomic E-state index is 5.88. The van der Waals surface area contributed by atoms with Crippen molar-refractivity contribution in [2.24, 2.45) is 5.73 Å². The van der Waals surface area contributed by atoms with Crippen LogP contribution in [0.2, 0.25) is 0 Å². The molecule has 84 valence electrons. The van der Waals surface area contributed by atoms with Gasteiger partial charge in [0.1, 0.15) is 0 Å². The van der Waals surface area contributed by atoms with Crippen LogP contribution in [-0.4, -0.2) is 17.7 Å². The number of ether oxygens (including phenoxy) is 1. The van der Waals surface area contributed by atoms with Crippen molar-refractivity contribution >= 4 is 11.3 Å². The number of thiazole rings is 1. The zero-order valence-electron chi connectivity index (χ0n) is 9.32. The van der Waals surface area contributed by atoms with Crippen LogP contribution >= 0.6 is 11.3 Å². The van der Waals surface area contributed by atoms with Crippen molar-refractivity contribution in [3.8, 4) is 0 Å². The molecule has 15 heavy (non-hydrogen) atoms. The first-order valence-electron chi connectivity index (χ1n) is 5.50. The monoisotopic (exact) mass is 226 g/mol. The van der Waals surface area contributed by atoms with Gasteiger partial charge in [0.15, 0.2) is 0 Å². The highest BCUT2D eigenvalue weighted by Crippen LogP contribution is 2.26. The van der Waals surface area contributed by atoms with Gasteiger partial charge in [0.25, 0.3) is 0 Å². The lowest BCUT2D eigenvalue weighted by molar-refractivity contribution is 0.111. The van der Waals surface area contributed by atoms with Gasteiger partial charge < -0.3 is 10.5 Å². The first kappa shape index (κ1) is 11.0. The van der Waals surface area contributed by atoms with E-state index in [1.165, 1.54) is 22.7 Å². The molecule has 0 spiro atoms. The van der Waals surface area contributed by atoms with E-state index in [4.69, 9.17) is 10.5 Å². The number of hydrogen-bond acceptors (Lipinski definition) is 4. The van der Waals surface area contributed by atoms with Gasteiger partial charge in [0.2, 0.25) is 0 Å². The van der Waals surface area contributed by atoms with Crippen LogP contribution in [-0.2, 0) is 11.2 Å². The molecule has 1 aromatic heterocycles. The van der Waals surface area contributed by atoms with Crippen LogP contribution in [0.4, 0.5) is 0 Å². The van der Waals surface area contributed by atoms with Crippen LogP contribution in [0.25, 0.3) is 0 Å². The largest absolute Gasteiger partial charge is 0.378 e. The molecule has 2 unspecified atom stereocenters. The van der Waals surface area contributed by atoms with E-state index in [9.17, 15) is 0 Å². The normalized spacial score (nSPS) is 23.3. The molecule has 2 N–H and O–H groups in total. The number of rotatable bonds is 3. The third kappa shape index (κ3) is 2.56. The minimum Gasteiger partial charge on any atom is -0.378 e. The molecule has 1 aliphatic heterocycles. The molecule has 1 saturated heterocycles. The standard InChI is InChI=1S/C11H18N2OS/c1-7(12)11-8(2)13-10(15-11)6-9-4-3-5-14-9/h7,9H,3-6,12H2,1-2H3. The van der Waals surface area contributed by atoms with E-state index in [2.05, 4.69) is 4.98 Å². The van der Waals surface area contributed by atoms with Gasteiger partial charge in [-0.2, -0.15) is 0 Å². The maximum atomic E-state index is 5.88. The Morgan fingerprint density at radius 1 is 1.67 bits per heavy atom. The summed E-state index contributed by atoms with van der Waals surface area (Å²) in [6.07, 6.45) is 3.70. The van der Waals surface area contributed by atoms with Crippen LogP contribution in [0.5, 0.6) is 0 Å². The van der Waals surface area contributed by atoms with E-state index < -0.39 is 0 Å². The van der Waals surface area contributed by atoms with E-state index in [-0.39, 0.29) is 6.04 Å². The van der Waals surface area contributed by atoms with Gasteiger partial charge in [0.05, 0.1) is 16.8 Å². The number of nitrogens with zero attached hydrogens (tertiary/aromatic N) is 1. The molecule has 2 atom stereocenters. The van der Waals surface area contributed by atoms with E-state index in [1.807, 2.05) is 13.8 Å². The molecule has 1 aliphatic rings. The average Bonchev–Trinajstić information content (AvgIpc) is 2.75. The molecule has 1 aromatic rings. The van der Waals surface area contributed by atoms with Crippen molar-refractivity contribution in [3.63, 3.8) is 0 Å². The smallest absolute Gasteiger partial charge is 0.0957 e. The molecular formula is C11H18N2OS. The average molecular weight is 226 g/mol. The van der Waals surface area contributed by atoms with Gasteiger partial charge in [-0.15, -0.1) is 11.3 Å². The summed E-state index contributed by atoms with van der Waals surface area (Å²) < 4.78 is 5.60. The van der Waals surface area contributed by atoms with Crippen molar-refractivity contribution in [3.05, 3.63) is 15.6 Å². The van der Waals surface area contributed by atoms with Crippen molar-refractivity contribution in [2.45, 2.75) is 45.3 Å². The highest BCUT2D eigenvalue weighted by molar-refractivity contribution is 7.11. The molecule has 0 aromatic carbocycles. The lowest BCUT2D eigenvalue weighted by atomic mass is 10.2. The summed E-state index contributed by atoms with van der Waals surface area (Å²) in [5, 5.41) is 1.17. The van der Waals surface area contributed by atoms with E-state index >= 15 is 0 Å².